The van der Waals surface area contributed by atoms with E-state index in [1.807, 2.05) is 6.92 Å². The number of anilines is 1. The number of nitrogens with zero attached hydrogens (tertiary/aromatic N) is 3. The number of esters is 1. The first-order chi connectivity index (χ1) is 16.8. The number of hydrogen-bond donors (Lipinski definition) is 2. The van der Waals surface area contributed by atoms with Crippen molar-refractivity contribution in [1.29, 1.82) is 5.26 Å². The lowest BCUT2D eigenvalue weighted by Crippen LogP contribution is -2.30. The van der Waals surface area contributed by atoms with Gasteiger partial charge in [0.2, 0.25) is 0 Å². The average Bonchev–Trinajstić information content (AvgIpc) is 3.14. The van der Waals surface area contributed by atoms with Gasteiger partial charge in [-0.25, -0.2) is 9.00 Å². The Morgan fingerprint density at radius 1 is 1.17 bits per heavy atom. The Hall–Kier alpha value is -3.81. The lowest BCUT2D eigenvalue weighted by molar-refractivity contribution is 0.0516. The maximum Gasteiger partial charge on any atom is 0.355 e. The molecule has 1 unspecified atom stereocenters. The van der Waals surface area contributed by atoms with E-state index in [9.17, 15) is 23.9 Å². The highest BCUT2D eigenvalue weighted by Gasteiger charge is 2.26. The smallest absolute Gasteiger partial charge is 0.355 e. The summed E-state index contributed by atoms with van der Waals surface area (Å²) in [6, 6.07) is 15.4. The Kier molecular flexibility index (Phi) is 8.52. The van der Waals surface area contributed by atoms with Crippen LogP contribution in [0.1, 0.15) is 35.6 Å². The fraction of sp³-hybridized carbons (Fsp3) is 0.280. The first-order valence-corrected chi connectivity index (χ1v) is 12.1. The SMILES string of the molecule is CCOC(=O)c1c(-c2ccc(OCCN(c3ccccc3O)S(=O)O)cc2)c(C#N)c(CC)n1C. The fourth-order valence-electron chi connectivity index (χ4n) is 3.91. The predicted molar refractivity (Wildman–Crippen MR) is 133 cm³/mol. The zero-order valence-corrected chi connectivity index (χ0v) is 20.5. The minimum Gasteiger partial charge on any atom is -0.506 e. The van der Waals surface area contributed by atoms with Crippen LogP contribution < -0.4 is 9.04 Å². The third kappa shape index (κ3) is 5.48. The number of benzene rings is 2. The molecule has 0 radical (unpaired) electrons. The number of phenols is 1. The molecule has 10 heteroatoms. The molecule has 1 heterocycles. The van der Waals surface area contributed by atoms with Crippen LogP contribution in [0.4, 0.5) is 5.69 Å². The zero-order chi connectivity index (χ0) is 25.5. The summed E-state index contributed by atoms with van der Waals surface area (Å²) < 4.78 is 35.2. The third-order valence-corrected chi connectivity index (χ3v) is 6.23. The van der Waals surface area contributed by atoms with Gasteiger partial charge >= 0.3 is 5.97 Å². The van der Waals surface area contributed by atoms with Gasteiger partial charge in [-0.2, -0.15) is 5.26 Å². The highest BCUT2D eigenvalue weighted by molar-refractivity contribution is 7.80. The molecule has 0 aliphatic rings. The Morgan fingerprint density at radius 2 is 1.86 bits per heavy atom. The summed E-state index contributed by atoms with van der Waals surface area (Å²) in [5, 5.41) is 19.8. The van der Waals surface area contributed by atoms with Crippen molar-refractivity contribution >= 4 is 22.9 Å². The maximum absolute atomic E-state index is 12.7. The minimum absolute atomic E-state index is 0.0482. The van der Waals surface area contributed by atoms with Gasteiger partial charge in [0.15, 0.2) is 0 Å². The Morgan fingerprint density at radius 3 is 2.43 bits per heavy atom. The molecule has 9 nitrogen and oxygen atoms in total. The summed E-state index contributed by atoms with van der Waals surface area (Å²) in [4.78, 5) is 12.7. The molecule has 35 heavy (non-hydrogen) atoms. The van der Waals surface area contributed by atoms with Crippen molar-refractivity contribution < 1.29 is 28.1 Å². The normalized spacial score (nSPS) is 11.5. The molecule has 184 valence electrons. The van der Waals surface area contributed by atoms with Gasteiger partial charge in [-0.15, -0.1) is 0 Å². The van der Waals surface area contributed by atoms with E-state index in [-0.39, 0.29) is 31.2 Å². The molecule has 1 aromatic heterocycles. The molecule has 1 atom stereocenters. The van der Waals surface area contributed by atoms with Gasteiger partial charge in [-0.3, -0.25) is 8.86 Å². The third-order valence-electron chi connectivity index (χ3n) is 5.48. The molecule has 0 amide bonds. The summed E-state index contributed by atoms with van der Waals surface area (Å²) in [7, 11) is 1.74. The zero-order valence-electron chi connectivity index (χ0n) is 19.7. The second-order valence-corrected chi connectivity index (χ2v) is 8.39. The first kappa shape index (κ1) is 25.8. The average molecular weight is 498 g/mol. The van der Waals surface area contributed by atoms with Crippen molar-refractivity contribution in [3.05, 3.63) is 65.5 Å². The number of phenolic OH excluding ortho intramolecular Hbond substituents is 1. The lowest BCUT2D eigenvalue weighted by atomic mass is 10.00. The van der Waals surface area contributed by atoms with Crippen LogP contribution in [0.25, 0.3) is 11.1 Å². The van der Waals surface area contributed by atoms with E-state index >= 15 is 0 Å². The lowest BCUT2D eigenvalue weighted by Gasteiger charge is -2.21. The quantitative estimate of drug-likeness (QED) is 0.320. The van der Waals surface area contributed by atoms with Crippen LogP contribution in [-0.2, 0) is 29.5 Å². The summed E-state index contributed by atoms with van der Waals surface area (Å²) in [5.74, 6) is -0.111. The molecule has 0 aliphatic heterocycles. The van der Waals surface area contributed by atoms with Gasteiger partial charge in [-0.05, 0) is 43.2 Å². The molecule has 0 spiro atoms. The number of carbonyl (C=O) groups is 1. The molecule has 2 aromatic carbocycles. The summed E-state index contributed by atoms with van der Waals surface area (Å²) in [6.07, 6.45) is 0.576. The van der Waals surface area contributed by atoms with Gasteiger partial charge in [-0.1, -0.05) is 31.2 Å². The van der Waals surface area contributed by atoms with Gasteiger partial charge in [0, 0.05) is 18.3 Å². The van der Waals surface area contributed by atoms with Crippen molar-refractivity contribution in [1.82, 2.24) is 4.57 Å². The van der Waals surface area contributed by atoms with Crippen LogP contribution in [0.3, 0.4) is 0 Å². The van der Waals surface area contributed by atoms with Gasteiger partial charge < -0.3 is 19.1 Å². The van der Waals surface area contributed by atoms with Gasteiger partial charge in [0.05, 0.1) is 24.4 Å². The number of ether oxygens (including phenoxy) is 2. The van der Waals surface area contributed by atoms with Crippen molar-refractivity contribution in [2.24, 2.45) is 7.05 Å². The number of aromatic nitrogens is 1. The van der Waals surface area contributed by atoms with E-state index in [1.165, 1.54) is 12.1 Å². The number of aromatic hydroxyl groups is 1. The monoisotopic (exact) mass is 497 g/mol. The Bertz CT molecular complexity index is 1260. The number of carbonyl (C=O) groups excluding carboxylic acids is 1. The molecule has 3 rings (SSSR count). The van der Waals surface area contributed by atoms with Crippen LogP contribution in [0, 0.1) is 11.3 Å². The Balaban J connectivity index is 1.82. The summed E-state index contributed by atoms with van der Waals surface area (Å²) in [6.45, 7) is 3.99. The molecule has 0 saturated heterocycles. The van der Waals surface area contributed by atoms with E-state index in [4.69, 9.17) is 9.47 Å². The molecule has 2 N–H and O–H groups in total. The summed E-state index contributed by atoms with van der Waals surface area (Å²) >= 11 is -2.35. The highest BCUT2D eigenvalue weighted by Crippen LogP contribution is 2.34. The van der Waals surface area contributed by atoms with Crippen LogP contribution in [-0.4, -0.2) is 44.2 Å². The second-order valence-electron chi connectivity index (χ2n) is 7.48. The topological polar surface area (TPSA) is 125 Å². The van der Waals surface area contributed by atoms with E-state index in [0.717, 1.165) is 10.00 Å². The van der Waals surface area contributed by atoms with Crippen molar-refractivity contribution in [3.63, 3.8) is 0 Å². The largest absolute Gasteiger partial charge is 0.506 e. The van der Waals surface area contributed by atoms with Gasteiger partial charge in [0.25, 0.3) is 11.3 Å². The van der Waals surface area contributed by atoms with E-state index in [2.05, 4.69) is 6.07 Å². The van der Waals surface area contributed by atoms with E-state index in [0.29, 0.717) is 34.6 Å². The molecule has 3 aromatic rings. The minimum atomic E-state index is -2.35. The number of hydrogen-bond acceptors (Lipinski definition) is 6. The van der Waals surface area contributed by atoms with Crippen LogP contribution in [0.2, 0.25) is 0 Å². The van der Waals surface area contributed by atoms with Gasteiger partial charge in [0.1, 0.15) is 29.9 Å². The van der Waals surface area contributed by atoms with E-state index < -0.39 is 17.2 Å². The van der Waals surface area contributed by atoms with Crippen LogP contribution in [0.5, 0.6) is 11.5 Å². The van der Waals surface area contributed by atoms with Crippen LogP contribution >= 0.6 is 0 Å². The standard InChI is InChI=1S/C25H27N3O6S/c1-4-20-19(16-26)23(24(27(20)3)25(30)33-5-2)17-10-12-18(13-11-17)34-15-14-28(35(31)32)21-8-6-7-9-22(21)29/h6-13,29H,4-5,14-15H2,1-3H3,(H,31,32). The number of para-hydroxylation sites is 2. The van der Waals surface area contributed by atoms with Crippen molar-refractivity contribution in [2.45, 2.75) is 20.3 Å². The van der Waals surface area contributed by atoms with Crippen molar-refractivity contribution in [2.75, 3.05) is 24.1 Å². The first-order valence-electron chi connectivity index (χ1n) is 11.0. The second kappa shape index (κ2) is 11.6. The van der Waals surface area contributed by atoms with Crippen molar-refractivity contribution in [3.8, 4) is 28.7 Å². The molecule has 0 aliphatic carbocycles. The number of nitriles is 1. The number of rotatable bonds is 10. The molecule has 0 bridgehead atoms. The van der Waals surface area contributed by atoms with Crippen LogP contribution in [0.15, 0.2) is 48.5 Å². The molecular formula is C25H27N3O6S. The fourth-order valence-corrected chi connectivity index (χ4v) is 4.46. The Labute approximate surface area is 206 Å². The molecule has 0 saturated carbocycles. The summed E-state index contributed by atoms with van der Waals surface area (Å²) in [5.41, 5.74) is 2.89. The molecular weight excluding hydrogens is 470 g/mol. The predicted octanol–water partition coefficient (Wildman–Crippen LogP) is 4.03. The maximum atomic E-state index is 12.7. The highest BCUT2D eigenvalue weighted by atomic mass is 32.2. The molecule has 0 fully saturated rings. The van der Waals surface area contributed by atoms with E-state index in [1.54, 1.807) is 54.9 Å².